The molecule has 8 nitrogen and oxygen atoms in total. The fraction of sp³-hybridized carbons (Fsp3) is 0.324. The molecule has 1 amide bonds. The number of halogens is 1. The molecule has 3 aromatic carbocycles. The molecule has 1 atom stereocenters. The fourth-order valence-electron chi connectivity index (χ4n) is 5.72. The first-order chi connectivity index (χ1) is 20.7. The Bertz CT molecular complexity index is 1610. The summed E-state index contributed by atoms with van der Waals surface area (Å²) in [7, 11) is 4.07. The van der Waals surface area contributed by atoms with Crippen LogP contribution in [0.15, 0.2) is 67.0 Å². The first-order valence-electron chi connectivity index (χ1n) is 14.4. The van der Waals surface area contributed by atoms with Crippen LogP contribution in [-0.2, 0) is 28.9 Å². The van der Waals surface area contributed by atoms with Gasteiger partial charge in [0.25, 0.3) is 5.91 Å². The van der Waals surface area contributed by atoms with Gasteiger partial charge in [-0.25, -0.2) is 9.18 Å². The zero-order valence-corrected chi connectivity index (χ0v) is 24.8. The van der Waals surface area contributed by atoms with Crippen molar-refractivity contribution in [2.45, 2.75) is 32.4 Å². The maximum Gasteiger partial charge on any atom is 0.326 e. The van der Waals surface area contributed by atoms with Crippen molar-refractivity contribution >= 4 is 28.3 Å². The lowest BCUT2D eigenvalue weighted by atomic mass is 9.95. The molecule has 1 unspecified atom stereocenters. The van der Waals surface area contributed by atoms with Crippen LogP contribution in [0.4, 0.5) is 10.1 Å². The zero-order valence-electron chi connectivity index (χ0n) is 24.8. The van der Waals surface area contributed by atoms with Crippen molar-refractivity contribution in [3.63, 3.8) is 0 Å². The summed E-state index contributed by atoms with van der Waals surface area (Å²) in [4.78, 5) is 33.8. The summed E-state index contributed by atoms with van der Waals surface area (Å²) in [5.74, 6) is -2.61. The number of carboxylic acid groups (broad SMARTS) is 1. The second kappa shape index (κ2) is 13.3. The van der Waals surface area contributed by atoms with Gasteiger partial charge >= 0.3 is 5.97 Å². The van der Waals surface area contributed by atoms with E-state index in [1.54, 1.807) is 19.2 Å². The third kappa shape index (κ3) is 7.36. The SMILES string of the molecule is Cc1cc(N2CCOCC2)cc(F)c1C(=O)NC(Cc1cccc(Cc2cc(CN(C)C)cc3ccncc23)c1)C(=O)O. The smallest absolute Gasteiger partial charge is 0.326 e. The van der Waals surface area contributed by atoms with E-state index in [-0.39, 0.29) is 12.0 Å². The van der Waals surface area contributed by atoms with Gasteiger partial charge in [0.1, 0.15) is 11.9 Å². The molecule has 1 fully saturated rings. The van der Waals surface area contributed by atoms with Crippen LogP contribution in [0.3, 0.4) is 0 Å². The predicted molar refractivity (Wildman–Crippen MR) is 165 cm³/mol. The number of nitrogens with one attached hydrogen (secondary N) is 1. The Balaban J connectivity index is 1.33. The number of aliphatic carboxylic acids is 1. The van der Waals surface area contributed by atoms with E-state index < -0.39 is 23.7 Å². The van der Waals surface area contributed by atoms with Gasteiger partial charge < -0.3 is 25.0 Å². The predicted octanol–water partition coefficient (Wildman–Crippen LogP) is 4.60. The molecule has 2 heterocycles. The number of carboxylic acids is 1. The van der Waals surface area contributed by atoms with E-state index in [1.165, 1.54) is 11.6 Å². The summed E-state index contributed by atoms with van der Waals surface area (Å²) in [6, 6.07) is 16.0. The Kier molecular flexibility index (Phi) is 9.33. The number of rotatable bonds is 10. The Hall–Kier alpha value is -4.34. The van der Waals surface area contributed by atoms with E-state index in [1.807, 2.05) is 55.5 Å². The number of aromatic nitrogens is 1. The van der Waals surface area contributed by atoms with Crippen LogP contribution in [0, 0.1) is 12.7 Å². The molecule has 1 aliphatic heterocycles. The highest BCUT2D eigenvalue weighted by Gasteiger charge is 2.25. The minimum atomic E-state index is -1.23. The molecule has 4 aromatic rings. The molecule has 1 aromatic heterocycles. The van der Waals surface area contributed by atoms with Gasteiger partial charge in [0.15, 0.2) is 0 Å². The number of morpholine rings is 1. The quantitative estimate of drug-likeness (QED) is 0.282. The molecule has 5 rings (SSSR count). The number of ether oxygens (including phenoxy) is 1. The van der Waals surface area contributed by atoms with Crippen LogP contribution in [0.5, 0.6) is 0 Å². The van der Waals surface area contributed by atoms with Crippen molar-refractivity contribution in [2.75, 3.05) is 45.3 Å². The summed E-state index contributed by atoms with van der Waals surface area (Å²) in [6.07, 6.45) is 4.36. The number of hydrogen-bond acceptors (Lipinski definition) is 6. The van der Waals surface area contributed by atoms with E-state index >= 15 is 4.39 Å². The Morgan fingerprint density at radius 2 is 1.84 bits per heavy atom. The van der Waals surface area contributed by atoms with Crippen LogP contribution >= 0.6 is 0 Å². The number of carbonyl (C=O) groups is 2. The van der Waals surface area contributed by atoms with Gasteiger partial charge in [-0.05, 0) is 84.9 Å². The highest BCUT2D eigenvalue weighted by molar-refractivity contribution is 5.98. The molecule has 9 heteroatoms. The molecule has 1 saturated heterocycles. The lowest BCUT2D eigenvalue weighted by Gasteiger charge is -2.29. The summed E-state index contributed by atoms with van der Waals surface area (Å²) < 4.78 is 20.6. The maximum absolute atomic E-state index is 15.2. The molecule has 0 spiro atoms. The molecule has 0 radical (unpaired) electrons. The van der Waals surface area contributed by atoms with E-state index in [4.69, 9.17) is 4.74 Å². The van der Waals surface area contributed by atoms with Gasteiger partial charge in [0, 0.05) is 49.5 Å². The van der Waals surface area contributed by atoms with Crippen molar-refractivity contribution in [3.8, 4) is 0 Å². The van der Waals surface area contributed by atoms with Gasteiger partial charge in [-0.15, -0.1) is 0 Å². The van der Waals surface area contributed by atoms with Crippen LogP contribution in [0.25, 0.3) is 10.8 Å². The van der Waals surface area contributed by atoms with Crippen molar-refractivity contribution in [1.29, 1.82) is 0 Å². The molecule has 0 saturated carbocycles. The summed E-state index contributed by atoms with van der Waals surface area (Å²) >= 11 is 0. The van der Waals surface area contributed by atoms with Crippen molar-refractivity contribution in [2.24, 2.45) is 0 Å². The largest absolute Gasteiger partial charge is 0.480 e. The van der Waals surface area contributed by atoms with Crippen molar-refractivity contribution < 1.29 is 23.8 Å². The summed E-state index contributed by atoms with van der Waals surface area (Å²) in [5.41, 5.74) is 5.09. The molecular formula is C34H37FN4O4. The molecule has 224 valence electrons. The first kappa shape index (κ1) is 30.1. The number of hydrogen-bond donors (Lipinski definition) is 2. The Morgan fingerprint density at radius 3 is 2.56 bits per heavy atom. The van der Waals surface area contributed by atoms with Crippen molar-refractivity contribution in [3.05, 3.63) is 106 Å². The minimum Gasteiger partial charge on any atom is -0.480 e. The number of anilines is 1. The van der Waals surface area contributed by atoms with Gasteiger partial charge in [0.2, 0.25) is 0 Å². The zero-order chi connectivity index (χ0) is 30.5. The second-order valence-corrected chi connectivity index (χ2v) is 11.4. The lowest BCUT2D eigenvalue weighted by molar-refractivity contribution is -0.139. The monoisotopic (exact) mass is 584 g/mol. The molecule has 1 aliphatic rings. The topological polar surface area (TPSA) is 95.0 Å². The number of amides is 1. The average molecular weight is 585 g/mol. The number of nitrogens with zero attached hydrogens (tertiary/aromatic N) is 3. The normalized spacial score (nSPS) is 14.2. The third-order valence-electron chi connectivity index (χ3n) is 7.70. The number of fused-ring (bicyclic) bond motifs is 1. The van der Waals surface area contributed by atoms with E-state index in [0.717, 1.165) is 34.0 Å². The van der Waals surface area contributed by atoms with Crippen LogP contribution in [0.1, 0.15) is 38.2 Å². The lowest BCUT2D eigenvalue weighted by Crippen LogP contribution is -2.43. The van der Waals surface area contributed by atoms with Gasteiger partial charge in [-0.2, -0.15) is 0 Å². The maximum atomic E-state index is 15.2. The highest BCUT2D eigenvalue weighted by Crippen LogP contribution is 2.26. The second-order valence-electron chi connectivity index (χ2n) is 11.4. The van der Waals surface area contributed by atoms with Crippen molar-refractivity contribution in [1.82, 2.24) is 15.2 Å². The third-order valence-corrected chi connectivity index (χ3v) is 7.70. The standard InChI is InChI=1S/C34H37FN4O4/c1-22-13-28(39-9-11-43-12-10-39)19-30(35)32(22)33(40)37-31(34(41)42)18-24-6-4-5-23(14-24)15-27-17-25(21-38(2)3)16-26-7-8-36-20-29(26)27/h4-8,13-14,16-17,19-20,31H,9-12,15,18,21H2,1-3H3,(H,37,40)(H,41,42). The molecule has 0 aliphatic carbocycles. The van der Waals surface area contributed by atoms with Gasteiger partial charge in [0.05, 0.1) is 18.8 Å². The van der Waals surface area contributed by atoms with E-state index in [0.29, 0.717) is 44.0 Å². The van der Waals surface area contributed by atoms with Gasteiger partial charge in [-0.3, -0.25) is 9.78 Å². The first-order valence-corrected chi connectivity index (χ1v) is 14.4. The molecular weight excluding hydrogens is 547 g/mol. The Morgan fingerprint density at radius 1 is 1.07 bits per heavy atom. The number of aryl methyl sites for hydroxylation is 1. The number of carbonyl (C=O) groups excluding carboxylic acids is 1. The van der Waals surface area contributed by atoms with Crippen LogP contribution in [0.2, 0.25) is 0 Å². The Labute approximate surface area is 251 Å². The number of benzene rings is 3. The molecule has 0 bridgehead atoms. The van der Waals surface area contributed by atoms with E-state index in [2.05, 4.69) is 27.3 Å². The van der Waals surface area contributed by atoms with Crippen LogP contribution < -0.4 is 10.2 Å². The minimum absolute atomic E-state index is 0.0599. The number of pyridine rings is 1. The van der Waals surface area contributed by atoms with E-state index in [9.17, 15) is 14.7 Å². The summed E-state index contributed by atoms with van der Waals surface area (Å²) in [6.45, 7) is 4.86. The van der Waals surface area contributed by atoms with Gasteiger partial charge in [-0.1, -0.05) is 30.3 Å². The van der Waals surface area contributed by atoms with Crippen LogP contribution in [-0.4, -0.2) is 73.3 Å². The fourth-order valence-corrected chi connectivity index (χ4v) is 5.72. The summed E-state index contributed by atoms with van der Waals surface area (Å²) in [5, 5.41) is 14.7. The molecule has 43 heavy (non-hydrogen) atoms. The highest BCUT2D eigenvalue weighted by atomic mass is 19.1. The average Bonchev–Trinajstić information content (AvgIpc) is 2.97. The molecule has 2 N–H and O–H groups in total.